The molecule has 0 saturated carbocycles. The van der Waals surface area contributed by atoms with Crippen molar-refractivity contribution in [3.63, 3.8) is 0 Å². The van der Waals surface area contributed by atoms with E-state index in [1.165, 1.54) is 37.3 Å². The normalized spacial score (nSPS) is 16.7. The summed E-state index contributed by atoms with van der Waals surface area (Å²) >= 11 is 0. The van der Waals surface area contributed by atoms with E-state index < -0.39 is 39.6 Å². The highest BCUT2D eigenvalue weighted by atomic mass is 32.2. The number of anilines is 1. The third kappa shape index (κ3) is 3.27. The molecule has 27 heavy (non-hydrogen) atoms. The van der Waals surface area contributed by atoms with Gasteiger partial charge < -0.3 is 5.32 Å². The maximum absolute atomic E-state index is 12.8. The molecule has 0 aliphatic carbocycles. The lowest BCUT2D eigenvalue weighted by molar-refractivity contribution is -0.137. The van der Waals surface area contributed by atoms with Crippen LogP contribution in [0.3, 0.4) is 0 Å². The molecular weight excluding hydrogens is 385 g/mol. The Balaban J connectivity index is 1.86. The summed E-state index contributed by atoms with van der Waals surface area (Å²) in [5.74, 6) is -1.80. The average Bonchev–Trinajstić information content (AvgIpc) is 2.80. The molecular formula is C17H13F3N2O4S. The third-order valence-electron chi connectivity index (χ3n) is 4.04. The van der Waals surface area contributed by atoms with E-state index in [4.69, 9.17) is 0 Å². The average molecular weight is 398 g/mol. The number of amides is 2. The lowest BCUT2D eigenvalue weighted by Crippen LogP contribution is -2.45. The summed E-state index contributed by atoms with van der Waals surface area (Å²) in [7, 11) is -4.22. The van der Waals surface area contributed by atoms with Gasteiger partial charge in [0.2, 0.25) is 5.91 Å². The van der Waals surface area contributed by atoms with Crippen molar-refractivity contribution >= 4 is 27.5 Å². The molecule has 2 aromatic carbocycles. The molecule has 6 nitrogen and oxygen atoms in total. The largest absolute Gasteiger partial charge is 0.416 e. The van der Waals surface area contributed by atoms with Crippen LogP contribution in [0, 0.1) is 0 Å². The topological polar surface area (TPSA) is 83.6 Å². The van der Waals surface area contributed by atoms with Crippen molar-refractivity contribution in [1.82, 2.24) is 4.31 Å². The van der Waals surface area contributed by atoms with Gasteiger partial charge in [0.05, 0.1) is 11.1 Å². The van der Waals surface area contributed by atoms with Gasteiger partial charge in [0.15, 0.2) is 0 Å². The van der Waals surface area contributed by atoms with Crippen LogP contribution in [-0.2, 0) is 21.0 Å². The number of rotatable bonds is 3. The maximum Gasteiger partial charge on any atom is 0.416 e. The molecule has 1 heterocycles. The van der Waals surface area contributed by atoms with E-state index in [9.17, 15) is 31.2 Å². The number of nitrogens with zero attached hydrogens (tertiary/aromatic N) is 1. The van der Waals surface area contributed by atoms with Gasteiger partial charge in [-0.15, -0.1) is 0 Å². The minimum Gasteiger partial charge on any atom is -0.324 e. The second kappa shape index (κ2) is 6.38. The first-order chi connectivity index (χ1) is 12.5. The number of fused-ring (bicyclic) bond motifs is 1. The van der Waals surface area contributed by atoms with Gasteiger partial charge in [-0.05, 0) is 37.3 Å². The Hall–Kier alpha value is -2.88. The van der Waals surface area contributed by atoms with Crippen LogP contribution in [0.5, 0.6) is 0 Å². The second-order valence-electron chi connectivity index (χ2n) is 5.85. The first kappa shape index (κ1) is 18.9. The summed E-state index contributed by atoms with van der Waals surface area (Å²) < 4.78 is 63.8. The first-order valence-electron chi connectivity index (χ1n) is 7.69. The molecule has 10 heteroatoms. The van der Waals surface area contributed by atoms with Gasteiger partial charge >= 0.3 is 6.18 Å². The van der Waals surface area contributed by atoms with E-state index >= 15 is 0 Å². The van der Waals surface area contributed by atoms with Crippen LogP contribution in [-0.4, -0.2) is 30.6 Å². The predicted molar refractivity (Wildman–Crippen MR) is 89.3 cm³/mol. The molecule has 1 unspecified atom stereocenters. The zero-order valence-electron chi connectivity index (χ0n) is 13.8. The molecule has 142 valence electrons. The van der Waals surface area contributed by atoms with E-state index in [-0.39, 0.29) is 16.1 Å². The van der Waals surface area contributed by atoms with Gasteiger partial charge in [0.25, 0.3) is 15.9 Å². The number of sulfonamides is 1. The molecule has 1 atom stereocenters. The smallest absolute Gasteiger partial charge is 0.324 e. The Bertz CT molecular complexity index is 1030. The number of nitrogens with one attached hydrogen (secondary N) is 1. The molecule has 0 spiro atoms. The standard InChI is InChI=1S/C17H13F3N2O4S/c1-10(15(23)21-12-6-4-5-11(9-12)17(18,19)20)22-16(24)13-7-2-3-8-14(13)27(22,25)26/h2-10H,1H3,(H,21,23). The summed E-state index contributed by atoms with van der Waals surface area (Å²) in [4.78, 5) is 24.6. The number of benzene rings is 2. The van der Waals surface area contributed by atoms with Crippen LogP contribution in [0.4, 0.5) is 18.9 Å². The van der Waals surface area contributed by atoms with Crippen molar-refractivity contribution in [2.24, 2.45) is 0 Å². The Labute approximate surface area is 152 Å². The van der Waals surface area contributed by atoms with Crippen molar-refractivity contribution in [3.05, 3.63) is 59.7 Å². The molecule has 0 radical (unpaired) electrons. The molecule has 0 aromatic heterocycles. The minimum atomic E-state index is -4.59. The molecule has 2 amide bonds. The highest BCUT2D eigenvalue weighted by molar-refractivity contribution is 7.90. The highest BCUT2D eigenvalue weighted by Crippen LogP contribution is 2.33. The van der Waals surface area contributed by atoms with E-state index in [1.807, 2.05) is 0 Å². The molecule has 0 fully saturated rings. The number of hydrogen-bond donors (Lipinski definition) is 1. The fourth-order valence-corrected chi connectivity index (χ4v) is 4.44. The minimum absolute atomic E-state index is 0.0591. The number of alkyl halides is 3. The molecule has 0 saturated heterocycles. The van der Waals surface area contributed by atoms with Gasteiger partial charge in [0, 0.05) is 5.69 Å². The zero-order valence-corrected chi connectivity index (χ0v) is 14.6. The fraction of sp³-hybridized carbons (Fsp3) is 0.176. The zero-order chi connectivity index (χ0) is 20.0. The number of halogens is 3. The molecule has 1 N–H and O–H groups in total. The lowest BCUT2D eigenvalue weighted by atomic mass is 10.1. The summed E-state index contributed by atoms with van der Waals surface area (Å²) in [6.45, 7) is 1.18. The van der Waals surface area contributed by atoms with Crippen LogP contribution >= 0.6 is 0 Å². The van der Waals surface area contributed by atoms with E-state index in [0.717, 1.165) is 18.2 Å². The molecule has 3 rings (SSSR count). The fourth-order valence-electron chi connectivity index (χ4n) is 2.71. The van der Waals surface area contributed by atoms with Crippen molar-refractivity contribution in [2.75, 3.05) is 5.32 Å². The van der Waals surface area contributed by atoms with E-state index in [1.54, 1.807) is 0 Å². The predicted octanol–water partition coefficient (Wildman–Crippen LogP) is 2.88. The van der Waals surface area contributed by atoms with Crippen molar-refractivity contribution in [3.8, 4) is 0 Å². The van der Waals surface area contributed by atoms with E-state index in [2.05, 4.69) is 5.32 Å². The first-order valence-corrected chi connectivity index (χ1v) is 9.13. The Kier molecular flexibility index (Phi) is 4.46. The summed E-state index contributed by atoms with van der Waals surface area (Å²) in [5.41, 5.74) is -1.19. The van der Waals surface area contributed by atoms with Gasteiger partial charge in [0.1, 0.15) is 10.9 Å². The van der Waals surface area contributed by atoms with Gasteiger partial charge in [-0.1, -0.05) is 18.2 Å². The Morgan fingerprint density at radius 1 is 1.11 bits per heavy atom. The third-order valence-corrected chi connectivity index (χ3v) is 5.95. The number of carbonyl (C=O) groups excluding carboxylic acids is 2. The van der Waals surface area contributed by atoms with Gasteiger partial charge in [-0.3, -0.25) is 9.59 Å². The number of hydrogen-bond acceptors (Lipinski definition) is 4. The second-order valence-corrected chi connectivity index (χ2v) is 7.63. The highest BCUT2D eigenvalue weighted by Gasteiger charge is 2.45. The van der Waals surface area contributed by atoms with Crippen molar-refractivity contribution in [2.45, 2.75) is 24.0 Å². The van der Waals surface area contributed by atoms with Crippen molar-refractivity contribution < 1.29 is 31.2 Å². The molecule has 0 bridgehead atoms. The molecule has 2 aromatic rings. The van der Waals surface area contributed by atoms with E-state index in [0.29, 0.717) is 4.31 Å². The van der Waals surface area contributed by atoms with Crippen LogP contribution < -0.4 is 5.32 Å². The Morgan fingerprint density at radius 3 is 2.41 bits per heavy atom. The lowest BCUT2D eigenvalue weighted by Gasteiger charge is -2.22. The van der Waals surface area contributed by atoms with Crippen LogP contribution in [0.25, 0.3) is 0 Å². The maximum atomic E-state index is 12.8. The summed E-state index contributed by atoms with van der Waals surface area (Å²) in [6, 6.07) is 7.95. The quantitative estimate of drug-likeness (QED) is 0.862. The molecule has 1 aliphatic heterocycles. The van der Waals surface area contributed by atoms with Crippen LogP contribution in [0.2, 0.25) is 0 Å². The number of carbonyl (C=O) groups is 2. The SMILES string of the molecule is CC(C(=O)Nc1cccc(C(F)(F)F)c1)N1C(=O)c2ccccc2S1(=O)=O. The van der Waals surface area contributed by atoms with Crippen LogP contribution in [0.1, 0.15) is 22.8 Å². The summed E-state index contributed by atoms with van der Waals surface area (Å²) in [5, 5.41) is 2.22. The molecule has 1 aliphatic rings. The van der Waals surface area contributed by atoms with Gasteiger partial charge in [-0.25, -0.2) is 12.7 Å². The monoisotopic (exact) mass is 398 g/mol. The Morgan fingerprint density at radius 2 is 1.78 bits per heavy atom. The van der Waals surface area contributed by atoms with Gasteiger partial charge in [-0.2, -0.15) is 13.2 Å². The van der Waals surface area contributed by atoms with Crippen LogP contribution in [0.15, 0.2) is 53.4 Å². The summed E-state index contributed by atoms with van der Waals surface area (Å²) in [6.07, 6.45) is -4.59. The van der Waals surface area contributed by atoms with Crippen molar-refractivity contribution in [1.29, 1.82) is 0 Å².